The van der Waals surface area contributed by atoms with Gasteiger partial charge < -0.3 is 38.8 Å². The predicted octanol–water partition coefficient (Wildman–Crippen LogP) is 8.15. The van der Waals surface area contributed by atoms with E-state index in [0.29, 0.717) is 54.8 Å². The molecule has 0 fully saturated rings. The normalized spacial score (nSPS) is 16.8. The van der Waals surface area contributed by atoms with Crippen molar-refractivity contribution in [3.05, 3.63) is 148 Å². The average Bonchev–Trinajstić information content (AvgIpc) is 3.67. The summed E-state index contributed by atoms with van der Waals surface area (Å²) in [5.74, 6) is 0.996. The minimum absolute atomic E-state index is 0. The van der Waals surface area contributed by atoms with E-state index in [1.807, 2.05) is 30.3 Å². The van der Waals surface area contributed by atoms with Crippen LogP contribution in [-0.2, 0) is 29.1 Å². The zero-order chi connectivity index (χ0) is 44.3. The molecule has 3 atom stereocenters. The number of nitrogens with one attached hydrogen (secondary N) is 2. The summed E-state index contributed by atoms with van der Waals surface area (Å²) in [6.45, 7) is 14.5. The highest BCUT2D eigenvalue weighted by Crippen LogP contribution is 2.33. The molecular formula is C49H62N4O9S3. The van der Waals surface area contributed by atoms with E-state index in [1.165, 1.54) is 36.7 Å². The number of ether oxygens (including phenoxy) is 5. The van der Waals surface area contributed by atoms with Crippen LogP contribution >= 0.6 is 40.5 Å². The number of carbonyl (C=O) groups is 3. The van der Waals surface area contributed by atoms with Crippen molar-refractivity contribution < 1.29 is 43.3 Å². The summed E-state index contributed by atoms with van der Waals surface area (Å²) in [5.41, 5.74) is 11.1. The Labute approximate surface area is 403 Å². The van der Waals surface area contributed by atoms with Crippen LogP contribution in [0.2, 0.25) is 0 Å². The van der Waals surface area contributed by atoms with Crippen LogP contribution in [0.4, 0.5) is 11.4 Å². The highest BCUT2D eigenvalue weighted by molar-refractivity contribution is 7.59. The Morgan fingerprint density at radius 3 is 1.45 bits per heavy atom. The smallest absolute Gasteiger partial charge is 0.337 e. The van der Waals surface area contributed by atoms with Gasteiger partial charge in [-0.15, -0.1) is 0 Å². The monoisotopic (exact) mass is 946 g/mol. The van der Waals surface area contributed by atoms with Crippen molar-refractivity contribution in [2.75, 3.05) is 43.8 Å². The Hall–Kier alpha value is -5.52. The molecule has 16 heteroatoms. The summed E-state index contributed by atoms with van der Waals surface area (Å²) < 4.78 is 26.9. The third-order valence-electron chi connectivity index (χ3n) is 11.1. The fourth-order valence-corrected chi connectivity index (χ4v) is 7.42. The summed E-state index contributed by atoms with van der Waals surface area (Å²) >= 11 is 0. The Bertz CT molecular complexity index is 2260. The molecule has 65 heavy (non-hydrogen) atoms. The number of methoxy groups -OCH3 is 2. The maximum absolute atomic E-state index is 11.7. The summed E-state index contributed by atoms with van der Waals surface area (Å²) in [7, 11) is 2.76. The second kappa shape index (κ2) is 25.2. The van der Waals surface area contributed by atoms with Crippen LogP contribution in [0.15, 0.2) is 103 Å². The van der Waals surface area contributed by atoms with Crippen molar-refractivity contribution in [1.82, 2.24) is 10.8 Å². The van der Waals surface area contributed by atoms with Crippen LogP contribution in [0, 0.1) is 13.8 Å². The zero-order valence-corrected chi connectivity index (χ0v) is 40.9. The Balaban J connectivity index is 0.000000258. The lowest BCUT2D eigenvalue weighted by Gasteiger charge is -2.30. The third-order valence-corrected chi connectivity index (χ3v) is 11.1. The van der Waals surface area contributed by atoms with Crippen molar-refractivity contribution in [2.24, 2.45) is 0 Å². The van der Waals surface area contributed by atoms with Gasteiger partial charge >= 0.3 is 11.9 Å². The van der Waals surface area contributed by atoms with E-state index in [4.69, 9.17) is 24.2 Å². The molecule has 3 N–H and O–H groups in total. The topological polar surface area (TPSA) is 148 Å². The van der Waals surface area contributed by atoms with Gasteiger partial charge in [0.15, 0.2) is 0 Å². The first kappa shape index (κ1) is 53.8. The number of anilines is 2. The molecule has 350 valence electrons. The van der Waals surface area contributed by atoms with Crippen LogP contribution in [-0.4, -0.2) is 75.2 Å². The van der Waals surface area contributed by atoms with Crippen molar-refractivity contribution in [3.8, 4) is 17.2 Å². The lowest BCUT2D eigenvalue weighted by Crippen LogP contribution is -2.35. The number of fused-ring (bicyclic) bond motifs is 3. The summed E-state index contributed by atoms with van der Waals surface area (Å²) in [6, 6.07) is 33.6. The lowest BCUT2D eigenvalue weighted by molar-refractivity contribution is 0.0591. The largest absolute Gasteiger partial charge is 0.492 e. The van der Waals surface area contributed by atoms with Crippen LogP contribution in [0.1, 0.15) is 79.7 Å². The second-order valence-corrected chi connectivity index (χ2v) is 15.6. The molecule has 0 spiro atoms. The van der Waals surface area contributed by atoms with Gasteiger partial charge in [0.25, 0.3) is 5.91 Å². The van der Waals surface area contributed by atoms with Crippen molar-refractivity contribution >= 4 is 69.7 Å². The minimum Gasteiger partial charge on any atom is -0.492 e. The molecule has 0 saturated heterocycles. The van der Waals surface area contributed by atoms with Crippen molar-refractivity contribution in [3.63, 3.8) is 0 Å². The van der Waals surface area contributed by atoms with E-state index in [1.54, 1.807) is 41.9 Å². The number of rotatable bonds is 5. The molecule has 3 aliphatic heterocycles. The fourth-order valence-electron chi connectivity index (χ4n) is 7.42. The van der Waals surface area contributed by atoms with E-state index in [-0.39, 0.29) is 64.5 Å². The van der Waals surface area contributed by atoms with E-state index >= 15 is 0 Å². The summed E-state index contributed by atoms with van der Waals surface area (Å²) in [6.07, 6.45) is 0. The maximum atomic E-state index is 11.7. The number of para-hydroxylation sites is 2. The Morgan fingerprint density at radius 2 is 1.00 bits per heavy atom. The molecule has 13 nitrogen and oxygen atoms in total. The fraction of sp³-hybridized carbons (Fsp3) is 0.327. The van der Waals surface area contributed by atoms with Gasteiger partial charge in [0.2, 0.25) is 0 Å². The quantitative estimate of drug-likeness (QED) is 0.0888. The Morgan fingerprint density at radius 1 is 0.600 bits per heavy atom. The molecule has 5 aromatic rings. The number of hydroxylamine groups is 1. The minimum atomic E-state index is -0.538. The maximum Gasteiger partial charge on any atom is 0.337 e. The second-order valence-electron chi connectivity index (χ2n) is 15.6. The number of carbonyl (C=O) groups excluding carboxylic acids is 3. The van der Waals surface area contributed by atoms with Gasteiger partial charge in [0.1, 0.15) is 37.1 Å². The van der Waals surface area contributed by atoms with Gasteiger partial charge in [0.05, 0.1) is 37.4 Å². The number of amides is 1. The summed E-state index contributed by atoms with van der Waals surface area (Å²) in [5, 5.41) is 12.1. The van der Waals surface area contributed by atoms with Crippen molar-refractivity contribution in [1.29, 1.82) is 0 Å². The summed E-state index contributed by atoms with van der Waals surface area (Å²) in [4.78, 5) is 39.3. The molecule has 3 aliphatic rings. The van der Waals surface area contributed by atoms with E-state index in [0.717, 1.165) is 41.3 Å². The van der Waals surface area contributed by atoms with Crippen LogP contribution in [0.3, 0.4) is 0 Å². The van der Waals surface area contributed by atoms with Crippen LogP contribution in [0.5, 0.6) is 17.2 Å². The number of nitrogens with zero attached hydrogens (tertiary/aromatic N) is 2. The molecule has 1 amide bonds. The van der Waals surface area contributed by atoms with Crippen LogP contribution < -0.4 is 34.8 Å². The van der Waals surface area contributed by atoms with Gasteiger partial charge in [-0.3, -0.25) is 10.0 Å². The lowest BCUT2D eigenvalue weighted by atomic mass is 10.1. The van der Waals surface area contributed by atoms with E-state index in [2.05, 4.69) is 90.9 Å². The first-order valence-corrected chi connectivity index (χ1v) is 20.7. The standard InChI is InChI=1S/C19H21NO3.C18H20N2O3.C12H15NO3.3H2S/c1-13-6-4-5-7-17(13)20-11-16-9-8-15(19(21)22-3)10-18(16)23-12-14(20)2;1-12-5-3-4-6-16(12)20-10-15-8-7-14(18(21)19-22)9-17(15)23-11-13(20)2;1-8-7-16-11-5-9(12(14)15-2)3-4-10(11)6-13-8;;;/h4-10,14H,11-12H2,1-3H3;3-9,13,22H,10-11H2,1-2H3,(H,19,21);3-5,8,13H,6-7H2,1-2H3;3*1H2/t14-;13-;8-;;;/m000.../s1. The van der Waals surface area contributed by atoms with Gasteiger partial charge in [0, 0.05) is 59.3 Å². The number of aryl methyl sites for hydroxylation is 2. The molecule has 0 unspecified atom stereocenters. The van der Waals surface area contributed by atoms with Gasteiger partial charge in [-0.25, -0.2) is 15.1 Å². The Kier molecular flexibility index (Phi) is 20.9. The number of hydrogen-bond acceptors (Lipinski definition) is 12. The number of esters is 2. The van der Waals surface area contributed by atoms with Gasteiger partial charge in [-0.05, 0) is 94.3 Å². The van der Waals surface area contributed by atoms with Gasteiger partial charge in [-0.2, -0.15) is 40.5 Å². The molecule has 0 aromatic heterocycles. The zero-order valence-electron chi connectivity index (χ0n) is 37.9. The molecule has 0 aliphatic carbocycles. The first-order valence-electron chi connectivity index (χ1n) is 20.7. The molecule has 0 saturated carbocycles. The molecular weight excluding hydrogens is 885 g/mol. The van der Waals surface area contributed by atoms with E-state index in [9.17, 15) is 14.4 Å². The van der Waals surface area contributed by atoms with Gasteiger partial charge in [-0.1, -0.05) is 54.6 Å². The molecule has 0 bridgehead atoms. The highest BCUT2D eigenvalue weighted by atomic mass is 32.1. The average molecular weight is 947 g/mol. The molecule has 3 heterocycles. The highest BCUT2D eigenvalue weighted by Gasteiger charge is 2.25. The number of benzene rings is 5. The van der Waals surface area contributed by atoms with Crippen molar-refractivity contribution in [2.45, 2.75) is 72.4 Å². The molecule has 8 rings (SSSR count). The predicted molar refractivity (Wildman–Crippen MR) is 269 cm³/mol. The SMILES string of the molecule is COC(=O)c1ccc2c(c1)OC[C@H](C)N(c1ccccc1C)C2.COC(=O)c1ccc2c(c1)OC[C@H](C)NC2.Cc1ccccc1N1Cc2ccc(C(=O)NO)cc2OC[C@@H]1C.S.S.S. The number of hydrogen-bond donors (Lipinski definition) is 3. The van der Waals surface area contributed by atoms with Crippen LogP contribution in [0.25, 0.3) is 0 Å². The van der Waals surface area contributed by atoms with E-state index < -0.39 is 5.91 Å². The molecule has 5 aromatic carbocycles. The first-order chi connectivity index (χ1) is 29.9. The third kappa shape index (κ3) is 13.5. The molecule has 0 radical (unpaired) electrons.